The summed E-state index contributed by atoms with van der Waals surface area (Å²) in [7, 11) is 1.59. The number of hydrogen-bond acceptors (Lipinski definition) is 7. The maximum Gasteiger partial charge on any atom is 0.231 e. The minimum Gasteiger partial charge on any atom is -0.494 e. The van der Waals surface area contributed by atoms with E-state index in [2.05, 4.69) is 21.6 Å². The van der Waals surface area contributed by atoms with Gasteiger partial charge in [0.2, 0.25) is 5.91 Å². The summed E-state index contributed by atoms with van der Waals surface area (Å²) in [5.74, 6) is 0.952. The molecule has 0 aliphatic carbocycles. The molecule has 0 spiro atoms. The summed E-state index contributed by atoms with van der Waals surface area (Å²) in [6, 6.07) is 13.5. The molecule has 5 rings (SSSR count). The first-order chi connectivity index (χ1) is 16.9. The minimum absolute atomic E-state index is 0.0243. The SMILES string of the molecule is COc1cccc2c(C)cc(-n3ncc(C#N)c3NC(=O)Cc3noc4cc(C)c(C)cc34)nc12. The number of aryl methyl sites for hydroxylation is 3. The van der Waals surface area contributed by atoms with E-state index in [0.717, 1.165) is 27.5 Å². The number of rotatable bonds is 5. The Hall–Kier alpha value is -4.71. The van der Waals surface area contributed by atoms with E-state index in [0.29, 0.717) is 28.4 Å². The molecule has 0 radical (unpaired) electrons. The van der Waals surface area contributed by atoms with Gasteiger partial charge in [0.1, 0.15) is 28.6 Å². The van der Waals surface area contributed by atoms with Crippen molar-refractivity contribution in [1.29, 1.82) is 5.26 Å². The molecule has 2 aromatic carbocycles. The molecule has 9 nitrogen and oxygen atoms in total. The number of fused-ring (bicyclic) bond motifs is 2. The number of aromatic nitrogens is 4. The summed E-state index contributed by atoms with van der Waals surface area (Å²) < 4.78 is 12.3. The van der Waals surface area contributed by atoms with Crippen molar-refractivity contribution in [2.75, 3.05) is 12.4 Å². The van der Waals surface area contributed by atoms with Crippen LogP contribution < -0.4 is 10.1 Å². The monoisotopic (exact) mass is 466 g/mol. The summed E-state index contributed by atoms with van der Waals surface area (Å²) in [4.78, 5) is 17.7. The van der Waals surface area contributed by atoms with Gasteiger partial charge >= 0.3 is 0 Å². The number of nitriles is 1. The molecule has 0 saturated carbocycles. The van der Waals surface area contributed by atoms with Gasteiger partial charge in [0, 0.05) is 10.8 Å². The Morgan fingerprint density at radius 2 is 1.94 bits per heavy atom. The Labute approximate surface area is 200 Å². The summed E-state index contributed by atoms with van der Waals surface area (Å²) in [5.41, 5.74) is 5.15. The molecule has 0 fully saturated rings. The lowest BCUT2D eigenvalue weighted by Gasteiger charge is -2.12. The van der Waals surface area contributed by atoms with Gasteiger partial charge in [-0.15, -0.1) is 0 Å². The van der Waals surface area contributed by atoms with Crippen LogP contribution in [0.2, 0.25) is 0 Å². The summed E-state index contributed by atoms with van der Waals surface area (Å²) in [6.07, 6.45) is 1.38. The Bertz CT molecular complexity index is 1660. The van der Waals surface area contributed by atoms with Crippen LogP contribution in [0.5, 0.6) is 5.75 Å². The average molecular weight is 467 g/mol. The van der Waals surface area contributed by atoms with Crippen molar-refractivity contribution in [3.8, 4) is 17.6 Å². The highest BCUT2D eigenvalue weighted by Gasteiger charge is 2.20. The van der Waals surface area contributed by atoms with Gasteiger partial charge in [0.25, 0.3) is 0 Å². The van der Waals surface area contributed by atoms with Gasteiger partial charge in [-0.05, 0) is 61.7 Å². The van der Waals surface area contributed by atoms with Crippen molar-refractivity contribution in [2.24, 2.45) is 0 Å². The number of anilines is 1. The van der Waals surface area contributed by atoms with Crippen LogP contribution in [0, 0.1) is 32.1 Å². The molecule has 1 amide bonds. The number of carbonyl (C=O) groups is 1. The normalized spacial score (nSPS) is 11.1. The predicted octanol–water partition coefficient (Wildman–Crippen LogP) is 4.55. The smallest absolute Gasteiger partial charge is 0.231 e. The van der Waals surface area contributed by atoms with Crippen LogP contribution in [0.1, 0.15) is 27.9 Å². The number of carbonyl (C=O) groups excluding carboxylic acids is 1. The highest BCUT2D eigenvalue weighted by molar-refractivity contribution is 5.95. The molecule has 3 aromatic heterocycles. The number of pyridine rings is 1. The van der Waals surface area contributed by atoms with Crippen molar-refractivity contribution >= 4 is 33.6 Å². The number of amides is 1. The summed E-state index contributed by atoms with van der Waals surface area (Å²) >= 11 is 0. The van der Waals surface area contributed by atoms with Crippen molar-refractivity contribution in [1.82, 2.24) is 19.9 Å². The van der Waals surface area contributed by atoms with E-state index >= 15 is 0 Å². The molecule has 9 heteroatoms. The second-order valence-electron chi connectivity index (χ2n) is 8.37. The van der Waals surface area contributed by atoms with Gasteiger partial charge in [0.15, 0.2) is 17.2 Å². The zero-order chi connectivity index (χ0) is 24.7. The highest BCUT2D eigenvalue weighted by atomic mass is 16.5. The van der Waals surface area contributed by atoms with Crippen molar-refractivity contribution < 1.29 is 14.1 Å². The number of ether oxygens (including phenoxy) is 1. The summed E-state index contributed by atoms with van der Waals surface area (Å²) in [6.45, 7) is 5.95. The van der Waals surface area contributed by atoms with Crippen molar-refractivity contribution in [2.45, 2.75) is 27.2 Å². The van der Waals surface area contributed by atoms with Gasteiger partial charge in [-0.2, -0.15) is 15.0 Å². The Morgan fingerprint density at radius 1 is 1.14 bits per heavy atom. The van der Waals surface area contributed by atoms with Crippen LogP contribution >= 0.6 is 0 Å². The molecule has 174 valence electrons. The molecule has 0 aliphatic rings. The number of methoxy groups -OCH3 is 1. The highest BCUT2D eigenvalue weighted by Crippen LogP contribution is 2.29. The molecular weight excluding hydrogens is 444 g/mol. The van der Waals surface area contributed by atoms with E-state index in [1.807, 2.05) is 57.2 Å². The van der Waals surface area contributed by atoms with E-state index in [1.54, 1.807) is 7.11 Å². The van der Waals surface area contributed by atoms with E-state index in [9.17, 15) is 10.1 Å². The molecule has 0 bridgehead atoms. The molecule has 0 saturated heterocycles. The quantitative estimate of drug-likeness (QED) is 0.404. The third-order valence-corrected chi connectivity index (χ3v) is 6.07. The van der Waals surface area contributed by atoms with E-state index < -0.39 is 0 Å². The number of nitrogens with one attached hydrogen (secondary N) is 1. The van der Waals surface area contributed by atoms with Crippen LogP contribution in [0.3, 0.4) is 0 Å². The molecule has 0 aliphatic heterocycles. The zero-order valence-corrected chi connectivity index (χ0v) is 19.7. The molecule has 0 atom stereocenters. The van der Waals surface area contributed by atoms with Gasteiger partial charge < -0.3 is 14.6 Å². The van der Waals surface area contributed by atoms with Gasteiger partial charge in [0.05, 0.1) is 19.7 Å². The largest absolute Gasteiger partial charge is 0.494 e. The minimum atomic E-state index is -0.355. The lowest BCUT2D eigenvalue weighted by Crippen LogP contribution is -2.18. The fourth-order valence-corrected chi connectivity index (χ4v) is 4.07. The first-order valence-electron chi connectivity index (χ1n) is 11.0. The Kier molecular flexibility index (Phi) is 5.41. The molecule has 0 unspecified atom stereocenters. The Morgan fingerprint density at radius 3 is 2.71 bits per heavy atom. The van der Waals surface area contributed by atoms with Crippen LogP contribution in [0.15, 0.2) is 47.1 Å². The lowest BCUT2D eigenvalue weighted by molar-refractivity contribution is -0.115. The van der Waals surface area contributed by atoms with E-state index in [1.165, 1.54) is 10.9 Å². The van der Waals surface area contributed by atoms with Gasteiger partial charge in [-0.3, -0.25) is 4.79 Å². The number of hydrogen-bond donors (Lipinski definition) is 1. The zero-order valence-electron chi connectivity index (χ0n) is 19.7. The molecular formula is C26H22N6O3. The maximum absolute atomic E-state index is 13.0. The lowest BCUT2D eigenvalue weighted by atomic mass is 10.1. The van der Waals surface area contributed by atoms with E-state index in [-0.39, 0.29) is 23.7 Å². The third-order valence-electron chi connectivity index (χ3n) is 6.07. The Balaban J connectivity index is 1.51. The van der Waals surface area contributed by atoms with Crippen LogP contribution in [-0.2, 0) is 11.2 Å². The fraction of sp³-hybridized carbons (Fsp3) is 0.192. The second kappa shape index (κ2) is 8.57. The van der Waals surface area contributed by atoms with Crippen molar-refractivity contribution in [3.05, 3.63) is 70.5 Å². The van der Waals surface area contributed by atoms with Crippen LogP contribution in [-0.4, -0.2) is 32.9 Å². The van der Waals surface area contributed by atoms with Crippen molar-refractivity contribution in [3.63, 3.8) is 0 Å². The van der Waals surface area contributed by atoms with Crippen LogP contribution in [0.4, 0.5) is 5.82 Å². The van der Waals surface area contributed by atoms with Gasteiger partial charge in [-0.1, -0.05) is 17.3 Å². The maximum atomic E-state index is 13.0. The fourth-order valence-electron chi connectivity index (χ4n) is 4.07. The molecule has 5 aromatic rings. The average Bonchev–Trinajstić information content (AvgIpc) is 3.42. The second-order valence-corrected chi connectivity index (χ2v) is 8.37. The topological polar surface area (TPSA) is 119 Å². The first-order valence-corrected chi connectivity index (χ1v) is 11.0. The first kappa shape index (κ1) is 22.1. The van der Waals surface area contributed by atoms with E-state index in [4.69, 9.17) is 14.2 Å². The number of benzene rings is 2. The van der Waals surface area contributed by atoms with Gasteiger partial charge in [-0.25, -0.2) is 4.98 Å². The third kappa shape index (κ3) is 3.85. The number of nitrogens with zero attached hydrogens (tertiary/aromatic N) is 5. The molecule has 1 N–H and O–H groups in total. The summed E-state index contributed by atoms with van der Waals surface area (Å²) in [5, 5.41) is 22.6. The standard InChI is InChI=1S/C26H22N6O3/c1-14-8-19-20(31-35-22(19)9-15(14)2)11-24(33)30-26-17(12-27)13-28-32(26)23-10-16(3)18-6-5-7-21(34-4)25(18)29-23/h5-10,13H,11H2,1-4H3,(H,30,33). The predicted molar refractivity (Wildman–Crippen MR) is 131 cm³/mol. The molecule has 35 heavy (non-hydrogen) atoms. The molecule has 3 heterocycles. The number of para-hydroxylation sites is 1. The van der Waals surface area contributed by atoms with Crippen LogP contribution in [0.25, 0.3) is 27.7 Å².